The molecule has 1 aliphatic carbocycles. The second kappa shape index (κ2) is 12.3. The zero-order chi connectivity index (χ0) is 23.7. The first-order valence-electron chi connectivity index (χ1n) is 12.5. The van der Waals surface area contributed by atoms with Crippen LogP contribution in [0.25, 0.3) is 0 Å². The van der Waals surface area contributed by atoms with Gasteiger partial charge in [0.05, 0.1) is 6.10 Å². The van der Waals surface area contributed by atoms with Gasteiger partial charge >= 0.3 is 0 Å². The van der Waals surface area contributed by atoms with Gasteiger partial charge in [0.25, 0.3) is 0 Å². The first-order valence-corrected chi connectivity index (χ1v) is 15.4. The van der Waals surface area contributed by atoms with Crippen LogP contribution >= 0.6 is 0 Å². The molecular weight excluding hydrogens is 396 g/mol. The highest BCUT2D eigenvalue weighted by Crippen LogP contribution is 2.38. The highest BCUT2D eigenvalue weighted by atomic mass is 28.4. The van der Waals surface area contributed by atoms with Gasteiger partial charge in [-0.25, -0.2) is 0 Å². The van der Waals surface area contributed by atoms with Crippen LogP contribution in [0.15, 0.2) is 36.0 Å². The summed E-state index contributed by atoms with van der Waals surface area (Å²) in [5.74, 6) is 1.09. The Kier molecular flexibility index (Phi) is 11.2. The largest absolute Gasteiger partial charge is 0.411 e. The van der Waals surface area contributed by atoms with Crippen LogP contribution in [0.3, 0.4) is 0 Å². The highest BCUT2D eigenvalue weighted by Gasteiger charge is 2.38. The van der Waals surface area contributed by atoms with Gasteiger partial charge in [-0.3, -0.25) is 4.79 Å². The monoisotopic (exact) mass is 446 g/mol. The van der Waals surface area contributed by atoms with Gasteiger partial charge in [0.15, 0.2) is 8.32 Å². The summed E-state index contributed by atoms with van der Waals surface area (Å²) in [6.45, 7) is 20.4. The second-order valence-electron chi connectivity index (χ2n) is 11.7. The topological polar surface area (TPSA) is 26.3 Å². The molecule has 0 spiro atoms. The lowest BCUT2D eigenvalue weighted by molar-refractivity contribution is -0.127. The molecule has 0 bridgehead atoms. The lowest BCUT2D eigenvalue weighted by atomic mass is 9.74. The van der Waals surface area contributed by atoms with Crippen LogP contribution in [0.4, 0.5) is 0 Å². The predicted octanol–water partition coefficient (Wildman–Crippen LogP) is 8.80. The maximum absolute atomic E-state index is 12.3. The van der Waals surface area contributed by atoms with Gasteiger partial charge in [-0.1, -0.05) is 70.1 Å². The van der Waals surface area contributed by atoms with E-state index in [0.29, 0.717) is 11.7 Å². The zero-order valence-corrected chi connectivity index (χ0v) is 23.0. The van der Waals surface area contributed by atoms with Crippen molar-refractivity contribution >= 4 is 14.1 Å². The molecule has 0 N–H and O–H groups in total. The summed E-state index contributed by atoms with van der Waals surface area (Å²) in [4.78, 5) is 12.3. The van der Waals surface area contributed by atoms with Crippen LogP contribution in [0, 0.1) is 11.3 Å². The molecule has 0 radical (unpaired) electrons. The summed E-state index contributed by atoms with van der Waals surface area (Å²) in [6.07, 6.45) is 19.6. The SMILES string of the molecule is CC(C)=CCC[C@H](C)CC[C@H](C=CC=C[C@]1(C)CCCCC1=O)O[Si](C)(C)C(C)(C)C. The Morgan fingerprint density at radius 1 is 1.13 bits per heavy atom. The van der Waals surface area contributed by atoms with Gasteiger partial charge in [-0.15, -0.1) is 0 Å². The van der Waals surface area contributed by atoms with Crippen molar-refractivity contribution in [2.45, 2.75) is 124 Å². The van der Waals surface area contributed by atoms with E-state index in [0.717, 1.165) is 32.1 Å². The molecule has 2 nitrogen and oxygen atoms in total. The molecule has 178 valence electrons. The first kappa shape index (κ1) is 28.1. The molecule has 0 saturated heterocycles. The van der Waals surface area contributed by atoms with Crippen molar-refractivity contribution in [1.29, 1.82) is 0 Å². The molecule has 3 heteroatoms. The Labute approximate surface area is 194 Å². The van der Waals surface area contributed by atoms with E-state index in [1.54, 1.807) is 0 Å². The third-order valence-corrected chi connectivity index (χ3v) is 11.8. The minimum atomic E-state index is -1.84. The zero-order valence-electron chi connectivity index (χ0n) is 22.0. The fourth-order valence-corrected chi connectivity index (χ4v) is 5.14. The van der Waals surface area contributed by atoms with E-state index in [9.17, 15) is 4.79 Å². The fraction of sp³-hybridized carbons (Fsp3) is 0.750. The first-order chi connectivity index (χ1) is 14.3. The number of hydrogen-bond acceptors (Lipinski definition) is 2. The van der Waals surface area contributed by atoms with E-state index in [1.807, 2.05) is 0 Å². The molecule has 1 fully saturated rings. The number of hydrogen-bond donors (Lipinski definition) is 0. The van der Waals surface area contributed by atoms with Crippen molar-refractivity contribution in [3.63, 3.8) is 0 Å². The Morgan fingerprint density at radius 2 is 1.81 bits per heavy atom. The maximum Gasteiger partial charge on any atom is 0.192 e. The Bertz CT molecular complexity index is 646. The molecule has 1 saturated carbocycles. The number of Topliss-reactive ketones (excluding diaryl/α,β-unsaturated/α-hetero) is 1. The summed E-state index contributed by atoms with van der Waals surface area (Å²) in [5.41, 5.74) is 1.13. The third-order valence-electron chi connectivity index (χ3n) is 7.30. The van der Waals surface area contributed by atoms with Crippen LogP contribution in [0.2, 0.25) is 18.1 Å². The quantitative estimate of drug-likeness (QED) is 0.180. The Balaban J connectivity index is 2.79. The van der Waals surface area contributed by atoms with E-state index >= 15 is 0 Å². The molecule has 0 amide bonds. The molecule has 0 heterocycles. The normalized spacial score (nSPS) is 22.8. The molecule has 0 aliphatic heterocycles. The maximum atomic E-state index is 12.3. The summed E-state index contributed by atoms with van der Waals surface area (Å²) < 4.78 is 6.77. The summed E-state index contributed by atoms with van der Waals surface area (Å²) in [5, 5.41) is 0.200. The number of allylic oxidation sites excluding steroid dienone is 5. The van der Waals surface area contributed by atoms with E-state index in [2.05, 4.69) is 91.9 Å². The standard InChI is InChI=1S/C28H50O2Si/c1-23(2)15-14-16-24(3)19-20-25(30-31(8,9)27(4,5)6)17-10-12-21-28(7)22-13-11-18-26(28)29/h10,12,15,17,21,24-25H,11,13-14,16,18-20,22H2,1-9H3/t24-,25-,28+/m0/s1. The minimum absolute atomic E-state index is 0.145. The van der Waals surface area contributed by atoms with Gasteiger partial charge in [-0.05, 0) is 83.3 Å². The van der Waals surface area contributed by atoms with Crippen molar-refractivity contribution in [3.8, 4) is 0 Å². The second-order valence-corrected chi connectivity index (χ2v) is 16.5. The van der Waals surface area contributed by atoms with Crippen LogP contribution in [0.1, 0.15) is 99.8 Å². The molecule has 1 aliphatic rings. The molecule has 31 heavy (non-hydrogen) atoms. The highest BCUT2D eigenvalue weighted by molar-refractivity contribution is 6.74. The minimum Gasteiger partial charge on any atom is -0.411 e. The summed E-state index contributed by atoms with van der Waals surface area (Å²) in [6, 6.07) is 0. The Morgan fingerprint density at radius 3 is 2.39 bits per heavy atom. The average Bonchev–Trinajstić information content (AvgIpc) is 2.64. The predicted molar refractivity (Wildman–Crippen MR) is 139 cm³/mol. The summed E-state index contributed by atoms with van der Waals surface area (Å²) in [7, 11) is -1.84. The van der Waals surface area contributed by atoms with Gasteiger partial charge in [-0.2, -0.15) is 0 Å². The van der Waals surface area contributed by atoms with Crippen molar-refractivity contribution < 1.29 is 9.22 Å². The van der Waals surface area contributed by atoms with Gasteiger partial charge in [0.1, 0.15) is 5.78 Å². The van der Waals surface area contributed by atoms with Crippen LogP contribution in [-0.4, -0.2) is 20.2 Å². The molecule has 0 unspecified atom stereocenters. The fourth-order valence-electron chi connectivity index (χ4n) is 3.83. The van der Waals surface area contributed by atoms with E-state index in [4.69, 9.17) is 4.43 Å². The van der Waals surface area contributed by atoms with Crippen molar-refractivity contribution in [3.05, 3.63) is 36.0 Å². The van der Waals surface area contributed by atoms with Crippen molar-refractivity contribution in [1.82, 2.24) is 0 Å². The van der Waals surface area contributed by atoms with E-state index in [1.165, 1.54) is 24.8 Å². The number of rotatable bonds is 11. The van der Waals surface area contributed by atoms with E-state index < -0.39 is 8.32 Å². The van der Waals surface area contributed by atoms with Crippen LogP contribution < -0.4 is 0 Å². The van der Waals surface area contributed by atoms with Crippen LogP contribution in [-0.2, 0) is 9.22 Å². The number of ketones is 1. The Hall–Kier alpha value is -0.933. The van der Waals surface area contributed by atoms with Crippen molar-refractivity contribution in [2.24, 2.45) is 11.3 Å². The molecule has 0 aromatic heterocycles. The van der Waals surface area contributed by atoms with Gasteiger partial charge in [0, 0.05) is 11.8 Å². The smallest absolute Gasteiger partial charge is 0.192 e. The van der Waals surface area contributed by atoms with E-state index in [-0.39, 0.29) is 16.6 Å². The molecule has 3 atom stereocenters. The molecule has 1 rings (SSSR count). The molecular formula is C28H50O2Si. The molecule has 0 aromatic carbocycles. The lowest BCUT2D eigenvalue weighted by Crippen LogP contribution is -2.43. The van der Waals surface area contributed by atoms with Gasteiger partial charge in [0.2, 0.25) is 0 Å². The third kappa shape index (κ3) is 10.0. The summed E-state index contributed by atoms with van der Waals surface area (Å²) >= 11 is 0. The number of carbonyl (C=O) groups excluding carboxylic acids is 1. The number of carbonyl (C=O) groups is 1. The lowest BCUT2D eigenvalue weighted by Gasteiger charge is -2.39. The van der Waals surface area contributed by atoms with Crippen LogP contribution in [0.5, 0.6) is 0 Å². The van der Waals surface area contributed by atoms with Crippen molar-refractivity contribution in [2.75, 3.05) is 0 Å². The van der Waals surface area contributed by atoms with Gasteiger partial charge < -0.3 is 4.43 Å². The molecule has 0 aromatic rings. The average molecular weight is 447 g/mol.